The Labute approximate surface area is 112 Å². The lowest BCUT2D eigenvalue weighted by molar-refractivity contribution is 0.364. The molecule has 0 aliphatic rings. The van der Waals surface area contributed by atoms with Crippen LogP contribution in [-0.2, 0) is 6.42 Å². The van der Waals surface area contributed by atoms with Crippen molar-refractivity contribution in [1.82, 2.24) is 5.32 Å². The van der Waals surface area contributed by atoms with Crippen LogP contribution in [0.2, 0.25) is 0 Å². The molecule has 0 fully saturated rings. The third kappa shape index (κ3) is 4.76. The Morgan fingerprint density at radius 3 is 2.65 bits per heavy atom. The lowest BCUT2D eigenvalue weighted by Gasteiger charge is -2.20. The van der Waals surface area contributed by atoms with E-state index in [1.165, 1.54) is 6.07 Å². The van der Waals surface area contributed by atoms with Crippen LogP contribution in [0.3, 0.4) is 0 Å². The average molecular weight is 302 g/mol. The fourth-order valence-electron chi connectivity index (χ4n) is 1.82. The Bertz CT molecular complexity index is 354. The summed E-state index contributed by atoms with van der Waals surface area (Å²) >= 11 is 3.39. The van der Waals surface area contributed by atoms with Crippen LogP contribution >= 0.6 is 15.9 Å². The first kappa shape index (κ1) is 14.7. The number of nitrogens with one attached hydrogen (secondary N) is 1. The van der Waals surface area contributed by atoms with Crippen LogP contribution < -0.4 is 5.32 Å². The molecule has 0 aromatic heterocycles. The van der Waals surface area contributed by atoms with E-state index in [1.54, 1.807) is 6.07 Å². The molecule has 0 aliphatic heterocycles. The van der Waals surface area contributed by atoms with Crippen molar-refractivity contribution in [2.75, 3.05) is 13.1 Å². The van der Waals surface area contributed by atoms with E-state index in [9.17, 15) is 4.39 Å². The minimum absolute atomic E-state index is 0.101. The van der Waals surface area contributed by atoms with Gasteiger partial charge in [-0.1, -0.05) is 36.7 Å². The summed E-state index contributed by atoms with van der Waals surface area (Å²) in [5.74, 6) is 0.918. The van der Waals surface area contributed by atoms with Gasteiger partial charge in [-0.2, -0.15) is 0 Å². The van der Waals surface area contributed by atoms with Gasteiger partial charge in [-0.15, -0.1) is 0 Å². The first-order valence-corrected chi connectivity index (χ1v) is 6.98. The molecule has 0 amide bonds. The zero-order chi connectivity index (χ0) is 12.8. The van der Waals surface area contributed by atoms with Crippen LogP contribution in [0.5, 0.6) is 0 Å². The number of hydrogen-bond donors (Lipinski definition) is 1. The summed E-state index contributed by atoms with van der Waals surface area (Å²) < 4.78 is 14.6. The highest BCUT2D eigenvalue weighted by Gasteiger charge is 2.14. The van der Waals surface area contributed by atoms with Crippen LogP contribution in [-0.4, -0.2) is 13.1 Å². The highest BCUT2D eigenvalue weighted by atomic mass is 79.9. The molecule has 0 aliphatic carbocycles. The van der Waals surface area contributed by atoms with Gasteiger partial charge < -0.3 is 5.32 Å². The molecule has 2 atom stereocenters. The molecule has 0 spiro atoms. The summed E-state index contributed by atoms with van der Waals surface area (Å²) in [6, 6.07) is 5.15. The highest BCUT2D eigenvalue weighted by Crippen LogP contribution is 2.21. The Hall–Kier alpha value is -0.410. The summed E-state index contributed by atoms with van der Waals surface area (Å²) in [5.41, 5.74) is 0.801. The smallest absolute Gasteiger partial charge is 0.126 e. The maximum absolute atomic E-state index is 13.6. The monoisotopic (exact) mass is 301 g/mol. The topological polar surface area (TPSA) is 12.0 Å². The van der Waals surface area contributed by atoms with Gasteiger partial charge in [-0.3, -0.25) is 0 Å². The van der Waals surface area contributed by atoms with Crippen molar-refractivity contribution < 1.29 is 4.39 Å². The second-order valence-electron chi connectivity index (χ2n) is 4.70. The van der Waals surface area contributed by atoms with E-state index in [-0.39, 0.29) is 5.82 Å². The minimum atomic E-state index is -0.101. The fourth-order valence-corrected chi connectivity index (χ4v) is 2.23. The molecular weight excluding hydrogens is 281 g/mol. The van der Waals surface area contributed by atoms with Gasteiger partial charge in [0.05, 0.1) is 0 Å². The van der Waals surface area contributed by atoms with Gasteiger partial charge in [-0.05, 0) is 55.1 Å². The standard InChI is InChI=1S/C14H21BrFN/c1-4-17-9-11(3)10(2)7-12-8-13(15)5-6-14(12)16/h5-6,8,10-11,17H,4,7,9H2,1-3H3. The Balaban J connectivity index is 2.60. The zero-order valence-corrected chi connectivity index (χ0v) is 12.3. The average Bonchev–Trinajstić information content (AvgIpc) is 2.30. The van der Waals surface area contributed by atoms with Gasteiger partial charge in [0.2, 0.25) is 0 Å². The quantitative estimate of drug-likeness (QED) is 0.837. The molecule has 1 N–H and O–H groups in total. The predicted octanol–water partition coefficient (Wildman–Crippen LogP) is 4.01. The van der Waals surface area contributed by atoms with Crippen molar-refractivity contribution in [2.24, 2.45) is 11.8 Å². The minimum Gasteiger partial charge on any atom is -0.317 e. The van der Waals surface area contributed by atoms with E-state index in [0.717, 1.165) is 29.5 Å². The van der Waals surface area contributed by atoms with E-state index >= 15 is 0 Å². The van der Waals surface area contributed by atoms with Gasteiger partial charge in [-0.25, -0.2) is 4.39 Å². The zero-order valence-electron chi connectivity index (χ0n) is 10.8. The number of halogens is 2. The third-order valence-corrected chi connectivity index (χ3v) is 3.73. The molecule has 1 aromatic rings. The van der Waals surface area contributed by atoms with Crippen LogP contribution in [0.15, 0.2) is 22.7 Å². The second kappa shape index (κ2) is 7.12. The molecule has 17 heavy (non-hydrogen) atoms. The molecule has 1 nitrogen and oxygen atoms in total. The lowest BCUT2D eigenvalue weighted by Crippen LogP contribution is -2.26. The molecule has 0 heterocycles. The predicted molar refractivity (Wildman–Crippen MR) is 74.7 cm³/mol. The maximum atomic E-state index is 13.6. The summed E-state index contributed by atoms with van der Waals surface area (Å²) in [6.07, 6.45) is 0.790. The molecule has 0 saturated carbocycles. The molecule has 3 heteroatoms. The molecule has 1 rings (SSSR count). The van der Waals surface area contributed by atoms with Crippen molar-refractivity contribution in [3.8, 4) is 0 Å². The summed E-state index contributed by atoms with van der Waals surface area (Å²) in [4.78, 5) is 0. The molecule has 2 unspecified atom stereocenters. The van der Waals surface area contributed by atoms with Gasteiger partial charge in [0.15, 0.2) is 0 Å². The Morgan fingerprint density at radius 1 is 1.29 bits per heavy atom. The first-order valence-electron chi connectivity index (χ1n) is 6.19. The van der Waals surface area contributed by atoms with Gasteiger partial charge in [0.25, 0.3) is 0 Å². The molecule has 96 valence electrons. The van der Waals surface area contributed by atoms with Crippen LogP contribution in [0.25, 0.3) is 0 Å². The maximum Gasteiger partial charge on any atom is 0.126 e. The van der Waals surface area contributed by atoms with Gasteiger partial charge in [0.1, 0.15) is 5.82 Å². The lowest BCUT2D eigenvalue weighted by atomic mass is 9.89. The number of benzene rings is 1. The Morgan fingerprint density at radius 2 is 2.00 bits per heavy atom. The van der Waals surface area contributed by atoms with E-state index < -0.39 is 0 Å². The third-order valence-electron chi connectivity index (χ3n) is 3.24. The SMILES string of the molecule is CCNCC(C)C(C)Cc1cc(Br)ccc1F. The van der Waals surface area contributed by atoms with Crippen LogP contribution in [0.4, 0.5) is 4.39 Å². The van der Waals surface area contributed by atoms with Gasteiger partial charge in [0, 0.05) is 4.47 Å². The highest BCUT2D eigenvalue weighted by molar-refractivity contribution is 9.10. The molecule has 0 radical (unpaired) electrons. The van der Waals surface area contributed by atoms with E-state index in [4.69, 9.17) is 0 Å². The molecular formula is C14H21BrFN. The Kier molecular flexibility index (Phi) is 6.14. The molecule has 0 bridgehead atoms. The normalized spacial score (nSPS) is 14.6. The first-order chi connectivity index (χ1) is 8.04. The van der Waals surface area contributed by atoms with E-state index in [0.29, 0.717) is 11.8 Å². The summed E-state index contributed by atoms with van der Waals surface area (Å²) in [5, 5.41) is 3.34. The van der Waals surface area contributed by atoms with Crippen LogP contribution in [0, 0.1) is 17.7 Å². The molecule has 1 aromatic carbocycles. The van der Waals surface area contributed by atoms with Gasteiger partial charge >= 0.3 is 0 Å². The van der Waals surface area contributed by atoms with Crippen molar-refractivity contribution >= 4 is 15.9 Å². The van der Waals surface area contributed by atoms with Crippen molar-refractivity contribution in [2.45, 2.75) is 27.2 Å². The number of rotatable bonds is 6. The van der Waals surface area contributed by atoms with Crippen molar-refractivity contribution in [1.29, 1.82) is 0 Å². The van der Waals surface area contributed by atoms with E-state index in [1.807, 2.05) is 6.07 Å². The summed E-state index contributed by atoms with van der Waals surface area (Å²) in [7, 11) is 0. The van der Waals surface area contributed by atoms with Crippen molar-refractivity contribution in [3.05, 3.63) is 34.1 Å². The summed E-state index contributed by atoms with van der Waals surface area (Å²) in [6.45, 7) is 8.48. The van der Waals surface area contributed by atoms with E-state index in [2.05, 4.69) is 42.0 Å². The molecule has 0 saturated heterocycles. The largest absolute Gasteiger partial charge is 0.317 e. The number of hydrogen-bond acceptors (Lipinski definition) is 1. The fraction of sp³-hybridized carbons (Fsp3) is 0.571. The van der Waals surface area contributed by atoms with Crippen molar-refractivity contribution in [3.63, 3.8) is 0 Å². The van der Waals surface area contributed by atoms with Crippen LogP contribution in [0.1, 0.15) is 26.3 Å². The second-order valence-corrected chi connectivity index (χ2v) is 5.62.